The number of aryl methyl sites for hydroxylation is 2. The quantitative estimate of drug-likeness (QED) is 0.329. The summed E-state index contributed by atoms with van der Waals surface area (Å²) < 4.78 is 129. The van der Waals surface area contributed by atoms with Gasteiger partial charge >= 0.3 is 24.6 Å². The fourth-order valence-electron chi connectivity index (χ4n) is 5.00. The van der Waals surface area contributed by atoms with E-state index in [1.807, 2.05) is 0 Å². The highest BCUT2D eigenvalue weighted by Gasteiger charge is 2.40. The lowest BCUT2D eigenvalue weighted by atomic mass is 9.94. The number of hydrogen-bond acceptors (Lipinski definition) is 7. The number of nitrogens with two attached hydrogens (primary N) is 1. The van der Waals surface area contributed by atoms with E-state index in [0.29, 0.717) is 12.1 Å². The van der Waals surface area contributed by atoms with Gasteiger partial charge in [-0.25, -0.2) is 4.79 Å². The first-order valence-corrected chi connectivity index (χ1v) is 13.0. The summed E-state index contributed by atoms with van der Waals surface area (Å²) in [5, 5.41) is 11.7. The van der Waals surface area contributed by atoms with Crippen molar-refractivity contribution in [1.82, 2.24) is 20.2 Å². The summed E-state index contributed by atoms with van der Waals surface area (Å²) in [5.74, 6) is -0.217. The molecule has 0 saturated carbocycles. The maximum absolute atomic E-state index is 14.0. The minimum atomic E-state index is -5.12. The van der Waals surface area contributed by atoms with E-state index in [2.05, 4.69) is 15.4 Å². The van der Waals surface area contributed by atoms with E-state index in [0.717, 1.165) is 15.8 Å². The van der Waals surface area contributed by atoms with Crippen LogP contribution in [0, 0.1) is 6.92 Å². The predicted octanol–water partition coefficient (Wildman–Crippen LogP) is 6.02. The van der Waals surface area contributed by atoms with Gasteiger partial charge in [0.2, 0.25) is 0 Å². The summed E-state index contributed by atoms with van der Waals surface area (Å²) in [6, 6.07) is 2.00. The molecule has 1 amide bonds. The molecule has 0 aliphatic carbocycles. The van der Waals surface area contributed by atoms with Gasteiger partial charge in [0.15, 0.2) is 0 Å². The minimum Gasteiger partial charge on any atom is -0.448 e. The summed E-state index contributed by atoms with van der Waals surface area (Å²) in [7, 11) is 1.37. The molecule has 2 N–H and O–H groups in total. The van der Waals surface area contributed by atoms with Crippen molar-refractivity contribution < 1.29 is 49.0 Å². The number of hydrogen-bond donors (Lipinski definition) is 1. The molecule has 1 aliphatic heterocycles. The molecule has 18 heteroatoms. The lowest BCUT2D eigenvalue weighted by Gasteiger charge is -2.33. The van der Waals surface area contributed by atoms with E-state index in [1.165, 1.54) is 24.9 Å². The Bertz CT molecular complexity index is 1470. The van der Waals surface area contributed by atoms with Crippen molar-refractivity contribution in [3.05, 3.63) is 63.7 Å². The maximum atomic E-state index is 14.0. The predicted molar refractivity (Wildman–Crippen MR) is 137 cm³/mol. The highest BCUT2D eigenvalue weighted by atomic mass is 19.4. The van der Waals surface area contributed by atoms with Gasteiger partial charge in [0.25, 0.3) is 5.95 Å². The highest BCUT2D eigenvalue weighted by Crippen LogP contribution is 2.44. The standard InChI is InChI=1S/C26H26F9N7O2/c1-14-8-18-20(4-3-6-41(23(43)44-7-5-36)21(18)12-19(14)26(33,34)35)42(22-37-39-40(2)38-22)13-15-9-16(24(27,28)29)11-17(10-15)25(30,31)32/h8-12,20H,3-7,13,36H2,1-2H3. The number of benzene rings is 2. The molecule has 44 heavy (non-hydrogen) atoms. The van der Waals surface area contributed by atoms with Gasteiger partial charge in [0.1, 0.15) is 6.61 Å². The number of carbonyl (C=O) groups excluding carboxylic acids is 1. The van der Waals surface area contributed by atoms with Crippen LogP contribution in [0.1, 0.15) is 52.3 Å². The number of rotatable bonds is 6. The van der Waals surface area contributed by atoms with Crippen LogP contribution >= 0.6 is 0 Å². The molecule has 1 aliphatic rings. The van der Waals surface area contributed by atoms with Crippen LogP contribution in [0.5, 0.6) is 0 Å². The first-order chi connectivity index (χ1) is 20.4. The Balaban J connectivity index is 1.91. The van der Waals surface area contributed by atoms with Crippen LogP contribution in [0.15, 0.2) is 30.3 Å². The monoisotopic (exact) mass is 639 g/mol. The zero-order valence-electron chi connectivity index (χ0n) is 23.2. The molecule has 240 valence electrons. The van der Waals surface area contributed by atoms with Crippen LogP contribution in [0.25, 0.3) is 0 Å². The second-order valence-corrected chi connectivity index (χ2v) is 10.1. The normalized spacial score (nSPS) is 16.0. The fraction of sp³-hybridized carbons (Fsp3) is 0.462. The largest absolute Gasteiger partial charge is 0.448 e. The van der Waals surface area contributed by atoms with Crippen molar-refractivity contribution in [2.24, 2.45) is 12.8 Å². The van der Waals surface area contributed by atoms with E-state index in [-0.39, 0.29) is 61.4 Å². The SMILES string of the molecule is Cc1cc2c(cc1C(F)(F)F)N(C(=O)OCCN)CCCC2N(Cc1cc(C(F)(F)F)cc(C(F)(F)F)c1)c1nnn(C)n1. The molecule has 1 aromatic heterocycles. The van der Waals surface area contributed by atoms with E-state index < -0.39 is 59.5 Å². The van der Waals surface area contributed by atoms with Gasteiger partial charge in [0.05, 0.1) is 35.5 Å². The topological polar surface area (TPSA) is 102 Å². The number of aromatic nitrogens is 4. The molecule has 1 atom stereocenters. The minimum absolute atomic E-state index is 0.0117. The van der Waals surface area contributed by atoms with Crippen LogP contribution in [-0.4, -0.2) is 46.0 Å². The number of carbonyl (C=O) groups is 1. The third-order valence-corrected chi connectivity index (χ3v) is 6.88. The number of fused-ring (bicyclic) bond motifs is 1. The zero-order valence-corrected chi connectivity index (χ0v) is 23.2. The van der Waals surface area contributed by atoms with Gasteiger partial charge in [-0.2, -0.15) is 44.3 Å². The van der Waals surface area contributed by atoms with Crippen molar-refractivity contribution in [2.75, 3.05) is 29.5 Å². The summed E-state index contributed by atoms with van der Waals surface area (Å²) >= 11 is 0. The molecule has 0 fully saturated rings. The summed E-state index contributed by atoms with van der Waals surface area (Å²) in [5.41, 5.74) is 0.509. The Hall–Kier alpha value is -4.09. The third kappa shape index (κ3) is 7.16. The maximum Gasteiger partial charge on any atom is 0.416 e. The number of nitrogens with zero attached hydrogens (tertiary/aromatic N) is 6. The zero-order chi connectivity index (χ0) is 32.6. The van der Waals surface area contributed by atoms with Crippen LogP contribution in [0.4, 0.5) is 55.9 Å². The number of anilines is 2. The first kappa shape index (κ1) is 32.8. The first-order valence-electron chi connectivity index (χ1n) is 13.0. The molecule has 0 saturated heterocycles. The molecule has 2 heterocycles. The molecule has 1 unspecified atom stereocenters. The summed E-state index contributed by atoms with van der Waals surface area (Å²) in [6.45, 7) is 0.172. The van der Waals surface area contributed by atoms with Crippen LogP contribution < -0.4 is 15.5 Å². The summed E-state index contributed by atoms with van der Waals surface area (Å²) in [4.78, 5) is 16.2. The van der Waals surface area contributed by atoms with E-state index in [1.54, 1.807) is 0 Å². The van der Waals surface area contributed by atoms with Crippen LogP contribution in [0.2, 0.25) is 0 Å². The molecule has 0 bridgehead atoms. The van der Waals surface area contributed by atoms with Gasteiger partial charge < -0.3 is 15.4 Å². The number of alkyl halides is 9. The fourth-order valence-corrected chi connectivity index (χ4v) is 5.00. The number of tetrazole rings is 1. The van der Waals surface area contributed by atoms with Crippen LogP contribution in [0.3, 0.4) is 0 Å². The second-order valence-electron chi connectivity index (χ2n) is 10.1. The third-order valence-electron chi connectivity index (χ3n) is 6.88. The molecule has 9 nitrogen and oxygen atoms in total. The highest BCUT2D eigenvalue weighted by molar-refractivity contribution is 5.89. The Morgan fingerprint density at radius 2 is 1.64 bits per heavy atom. The van der Waals surface area contributed by atoms with Gasteiger partial charge in [-0.1, -0.05) is 11.2 Å². The van der Waals surface area contributed by atoms with Crippen molar-refractivity contribution >= 4 is 17.7 Å². The van der Waals surface area contributed by atoms with Gasteiger partial charge in [-0.3, -0.25) is 4.90 Å². The summed E-state index contributed by atoms with van der Waals surface area (Å²) in [6.07, 6.45) is -15.8. The average molecular weight is 640 g/mol. The van der Waals surface area contributed by atoms with Gasteiger partial charge in [-0.15, -0.1) is 5.10 Å². The van der Waals surface area contributed by atoms with Crippen LogP contribution in [-0.2, 0) is 36.9 Å². The van der Waals surface area contributed by atoms with Crippen molar-refractivity contribution in [3.8, 4) is 0 Å². The molecule has 2 aromatic carbocycles. The number of amides is 1. The Morgan fingerprint density at radius 3 is 2.16 bits per heavy atom. The van der Waals surface area contributed by atoms with Crippen molar-refractivity contribution in [3.63, 3.8) is 0 Å². The van der Waals surface area contributed by atoms with E-state index >= 15 is 0 Å². The van der Waals surface area contributed by atoms with E-state index in [9.17, 15) is 44.3 Å². The lowest BCUT2D eigenvalue weighted by molar-refractivity contribution is -0.143. The smallest absolute Gasteiger partial charge is 0.416 e. The molecular weight excluding hydrogens is 613 g/mol. The molecule has 0 radical (unpaired) electrons. The molecule has 4 rings (SSSR count). The van der Waals surface area contributed by atoms with Gasteiger partial charge in [0, 0.05) is 19.6 Å². The Morgan fingerprint density at radius 1 is 1.00 bits per heavy atom. The molecular formula is C26H26F9N7O2. The molecule has 3 aromatic rings. The Kier molecular flexibility index (Phi) is 9.04. The lowest BCUT2D eigenvalue weighted by Crippen LogP contribution is -2.34. The van der Waals surface area contributed by atoms with Crippen molar-refractivity contribution in [1.29, 1.82) is 0 Å². The van der Waals surface area contributed by atoms with Gasteiger partial charge in [-0.05, 0) is 65.9 Å². The number of halogens is 9. The average Bonchev–Trinajstić information content (AvgIpc) is 3.26. The number of ether oxygens (including phenoxy) is 1. The van der Waals surface area contributed by atoms with E-state index in [4.69, 9.17) is 10.5 Å². The van der Waals surface area contributed by atoms with Crippen molar-refractivity contribution in [2.45, 2.75) is 50.9 Å². The molecule has 0 spiro atoms. The second kappa shape index (κ2) is 12.1. The Labute approximate surface area is 244 Å².